The molecule has 0 bridgehead atoms. The standard InChI is InChI=1S/C9H11BFNO3/c11-8-4-9(15-6-2-1-3-6)12-5-7(8)10(13)14/h4-6,13-14H,1-3H2. The van der Waals surface area contributed by atoms with Crippen LogP contribution >= 0.6 is 0 Å². The monoisotopic (exact) mass is 211 g/mol. The highest BCUT2D eigenvalue weighted by atomic mass is 19.1. The number of hydrogen-bond donors (Lipinski definition) is 2. The Morgan fingerprint density at radius 1 is 1.47 bits per heavy atom. The zero-order valence-electron chi connectivity index (χ0n) is 8.06. The van der Waals surface area contributed by atoms with Gasteiger partial charge in [0.2, 0.25) is 5.88 Å². The fourth-order valence-corrected chi connectivity index (χ4v) is 1.34. The van der Waals surface area contributed by atoms with Crippen LogP contribution in [0.5, 0.6) is 5.88 Å². The number of aromatic nitrogens is 1. The third kappa shape index (κ3) is 2.27. The van der Waals surface area contributed by atoms with E-state index in [4.69, 9.17) is 14.8 Å². The van der Waals surface area contributed by atoms with Crippen molar-refractivity contribution < 1.29 is 19.2 Å². The van der Waals surface area contributed by atoms with Crippen LogP contribution in [-0.2, 0) is 0 Å². The number of pyridine rings is 1. The fraction of sp³-hybridized carbons (Fsp3) is 0.444. The van der Waals surface area contributed by atoms with Crippen molar-refractivity contribution in [3.05, 3.63) is 18.1 Å². The summed E-state index contributed by atoms with van der Waals surface area (Å²) in [5, 5.41) is 17.5. The molecule has 0 amide bonds. The Morgan fingerprint density at radius 2 is 2.20 bits per heavy atom. The summed E-state index contributed by atoms with van der Waals surface area (Å²) in [4.78, 5) is 3.80. The zero-order valence-corrected chi connectivity index (χ0v) is 8.06. The van der Waals surface area contributed by atoms with Crippen LogP contribution in [0.2, 0.25) is 0 Å². The van der Waals surface area contributed by atoms with E-state index in [1.54, 1.807) is 0 Å². The van der Waals surface area contributed by atoms with E-state index in [0.717, 1.165) is 31.5 Å². The van der Waals surface area contributed by atoms with Crippen LogP contribution in [0, 0.1) is 5.82 Å². The quantitative estimate of drug-likeness (QED) is 0.681. The van der Waals surface area contributed by atoms with Crippen LogP contribution in [0.4, 0.5) is 4.39 Å². The largest absolute Gasteiger partial charge is 0.493 e. The molecule has 1 aliphatic carbocycles. The lowest BCUT2D eigenvalue weighted by atomic mass is 9.81. The lowest BCUT2D eigenvalue weighted by Gasteiger charge is -2.25. The summed E-state index contributed by atoms with van der Waals surface area (Å²) in [5.41, 5.74) is -0.240. The van der Waals surface area contributed by atoms with Gasteiger partial charge >= 0.3 is 7.12 Å². The first-order valence-electron chi connectivity index (χ1n) is 4.85. The van der Waals surface area contributed by atoms with Crippen molar-refractivity contribution in [3.63, 3.8) is 0 Å². The molecule has 0 radical (unpaired) electrons. The van der Waals surface area contributed by atoms with Gasteiger partial charge in [-0.25, -0.2) is 9.37 Å². The SMILES string of the molecule is OB(O)c1cnc(OC2CCC2)cc1F. The second-order valence-electron chi connectivity index (χ2n) is 3.59. The van der Waals surface area contributed by atoms with Gasteiger partial charge in [-0.05, 0) is 19.3 Å². The van der Waals surface area contributed by atoms with Crippen molar-refractivity contribution >= 4 is 12.6 Å². The van der Waals surface area contributed by atoms with E-state index in [9.17, 15) is 4.39 Å². The molecule has 0 atom stereocenters. The Kier molecular flexibility index (Phi) is 2.88. The van der Waals surface area contributed by atoms with E-state index < -0.39 is 12.9 Å². The van der Waals surface area contributed by atoms with Gasteiger partial charge in [0, 0.05) is 17.7 Å². The lowest BCUT2D eigenvalue weighted by Crippen LogP contribution is -2.33. The molecule has 1 aromatic heterocycles. The molecule has 15 heavy (non-hydrogen) atoms. The summed E-state index contributed by atoms with van der Waals surface area (Å²) < 4.78 is 18.6. The van der Waals surface area contributed by atoms with Crippen LogP contribution in [0.3, 0.4) is 0 Å². The van der Waals surface area contributed by atoms with Crippen LogP contribution in [0.15, 0.2) is 12.3 Å². The number of halogens is 1. The van der Waals surface area contributed by atoms with E-state index >= 15 is 0 Å². The van der Waals surface area contributed by atoms with E-state index in [-0.39, 0.29) is 17.4 Å². The highest BCUT2D eigenvalue weighted by molar-refractivity contribution is 6.58. The minimum absolute atomic E-state index is 0.127. The Labute approximate surface area is 86.9 Å². The summed E-state index contributed by atoms with van der Waals surface area (Å²) in [7, 11) is -1.84. The van der Waals surface area contributed by atoms with Crippen molar-refractivity contribution in [1.82, 2.24) is 4.98 Å². The second kappa shape index (κ2) is 4.16. The summed E-state index contributed by atoms with van der Waals surface area (Å²) in [5.74, 6) is -0.518. The molecule has 6 heteroatoms. The second-order valence-corrected chi connectivity index (χ2v) is 3.59. The molecule has 1 saturated carbocycles. The fourth-order valence-electron chi connectivity index (χ4n) is 1.34. The third-order valence-corrected chi connectivity index (χ3v) is 2.47. The molecular weight excluding hydrogens is 200 g/mol. The molecule has 1 fully saturated rings. The molecule has 1 aromatic rings. The molecule has 0 aromatic carbocycles. The Balaban J connectivity index is 2.10. The van der Waals surface area contributed by atoms with E-state index in [1.807, 2.05) is 0 Å². The predicted octanol–water partition coefficient (Wildman–Crippen LogP) is -0.168. The summed E-state index contributed by atoms with van der Waals surface area (Å²) in [6.45, 7) is 0. The van der Waals surface area contributed by atoms with Crippen LogP contribution in [0.25, 0.3) is 0 Å². The van der Waals surface area contributed by atoms with Crippen molar-refractivity contribution in [2.75, 3.05) is 0 Å². The molecule has 0 aliphatic heterocycles. The maximum absolute atomic E-state index is 13.2. The van der Waals surface area contributed by atoms with Gasteiger partial charge in [-0.2, -0.15) is 0 Å². The van der Waals surface area contributed by atoms with Crippen LogP contribution < -0.4 is 10.2 Å². The summed E-state index contributed by atoms with van der Waals surface area (Å²) >= 11 is 0. The highest BCUT2D eigenvalue weighted by Gasteiger charge is 2.22. The molecule has 0 saturated heterocycles. The van der Waals surface area contributed by atoms with Crippen molar-refractivity contribution in [2.24, 2.45) is 0 Å². The Morgan fingerprint density at radius 3 is 2.67 bits per heavy atom. The molecular formula is C9H11BFNO3. The van der Waals surface area contributed by atoms with Gasteiger partial charge in [0.1, 0.15) is 11.9 Å². The normalized spacial score (nSPS) is 15.9. The number of ether oxygens (including phenoxy) is 1. The van der Waals surface area contributed by atoms with Gasteiger partial charge in [0.05, 0.1) is 0 Å². The van der Waals surface area contributed by atoms with Gasteiger partial charge < -0.3 is 14.8 Å². The molecule has 2 N–H and O–H groups in total. The summed E-state index contributed by atoms with van der Waals surface area (Å²) in [6, 6.07) is 1.08. The lowest BCUT2D eigenvalue weighted by molar-refractivity contribution is 0.114. The first-order valence-corrected chi connectivity index (χ1v) is 4.85. The van der Waals surface area contributed by atoms with Crippen LogP contribution in [-0.4, -0.2) is 28.3 Å². The van der Waals surface area contributed by atoms with E-state index in [2.05, 4.69) is 4.98 Å². The number of hydrogen-bond acceptors (Lipinski definition) is 4. The minimum atomic E-state index is -1.84. The maximum atomic E-state index is 13.2. The molecule has 80 valence electrons. The van der Waals surface area contributed by atoms with Crippen molar-refractivity contribution in [3.8, 4) is 5.88 Å². The first-order chi connectivity index (χ1) is 7.16. The minimum Gasteiger partial charge on any atom is -0.474 e. The molecule has 1 heterocycles. The number of nitrogens with zero attached hydrogens (tertiary/aromatic N) is 1. The maximum Gasteiger partial charge on any atom is 0.493 e. The van der Waals surface area contributed by atoms with Gasteiger partial charge in [-0.3, -0.25) is 0 Å². The molecule has 1 aliphatic rings. The molecule has 0 spiro atoms. The van der Waals surface area contributed by atoms with Crippen LogP contribution in [0.1, 0.15) is 19.3 Å². The van der Waals surface area contributed by atoms with Crippen molar-refractivity contribution in [2.45, 2.75) is 25.4 Å². The Bertz CT molecular complexity index is 357. The average molecular weight is 211 g/mol. The van der Waals surface area contributed by atoms with Crippen molar-refractivity contribution in [1.29, 1.82) is 0 Å². The third-order valence-electron chi connectivity index (χ3n) is 2.47. The van der Waals surface area contributed by atoms with Gasteiger partial charge in [-0.1, -0.05) is 0 Å². The molecule has 0 unspecified atom stereocenters. The average Bonchev–Trinajstić information content (AvgIpc) is 2.11. The van der Waals surface area contributed by atoms with E-state index in [0.29, 0.717) is 0 Å². The van der Waals surface area contributed by atoms with Gasteiger partial charge in [0.25, 0.3) is 0 Å². The van der Waals surface area contributed by atoms with Gasteiger partial charge in [0.15, 0.2) is 0 Å². The Hall–Kier alpha value is -1.14. The highest BCUT2D eigenvalue weighted by Crippen LogP contribution is 2.23. The zero-order chi connectivity index (χ0) is 10.8. The smallest absolute Gasteiger partial charge is 0.474 e. The predicted molar refractivity (Wildman–Crippen MR) is 52.3 cm³/mol. The molecule has 2 rings (SSSR count). The van der Waals surface area contributed by atoms with E-state index in [1.165, 1.54) is 0 Å². The topological polar surface area (TPSA) is 62.6 Å². The first kappa shape index (κ1) is 10.4. The number of rotatable bonds is 3. The summed E-state index contributed by atoms with van der Waals surface area (Å²) in [6.07, 6.45) is 4.26. The molecule has 4 nitrogen and oxygen atoms in total. The van der Waals surface area contributed by atoms with Gasteiger partial charge in [-0.15, -0.1) is 0 Å².